The van der Waals surface area contributed by atoms with Crippen LogP contribution in [0, 0.1) is 0 Å². The van der Waals surface area contributed by atoms with Gasteiger partial charge in [-0.05, 0) is 17.7 Å². The van der Waals surface area contributed by atoms with Crippen LogP contribution in [0.3, 0.4) is 0 Å². The van der Waals surface area contributed by atoms with Crippen molar-refractivity contribution < 1.29 is 23.1 Å². The first kappa shape index (κ1) is 16.9. The number of nitrogens with zero attached hydrogens (tertiary/aromatic N) is 3. The maximum Gasteiger partial charge on any atom is 0.416 e. The number of aliphatic hydroxyl groups is 1. The zero-order valence-electron chi connectivity index (χ0n) is 12.0. The molecule has 0 saturated heterocycles. The van der Waals surface area contributed by atoms with Gasteiger partial charge in [-0.25, -0.2) is 4.98 Å². The zero-order chi connectivity index (χ0) is 16.9. The molecule has 0 aliphatic carbocycles. The van der Waals surface area contributed by atoms with Crippen molar-refractivity contribution in [2.75, 3.05) is 6.54 Å². The van der Waals surface area contributed by atoms with Crippen LogP contribution < -0.4 is 5.32 Å². The smallest absolute Gasteiger partial charge is 0.387 e. The van der Waals surface area contributed by atoms with Crippen molar-refractivity contribution in [3.05, 3.63) is 48.0 Å². The normalized spacial score (nSPS) is 12.9. The Morgan fingerprint density at radius 3 is 2.83 bits per heavy atom. The van der Waals surface area contributed by atoms with E-state index in [0.29, 0.717) is 6.54 Å². The fourth-order valence-electron chi connectivity index (χ4n) is 1.90. The third-order valence-electron chi connectivity index (χ3n) is 3.13. The molecule has 0 fully saturated rings. The lowest BCUT2D eigenvalue weighted by atomic mass is 10.1. The number of halogens is 3. The van der Waals surface area contributed by atoms with Gasteiger partial charge >= 0.3 is 6.18 Å². The van der Waals surface area contributed by atoms with Crippen LogP contribution in [0.15, 0.2) is 36.9 Å². The molecule has 0 radical (unpaired) electrons. The molecule has 2 rings (SSSR count). The highest BCUT2D eigenvalue weighted by Crippen LogP contribution is 2.30. The van der Waals surface area contributed by atoms with E-state index < -0.39 is 17.8 Å². The lowest BCUT2D eigenvalue weighted by molar-refractivity contribution is -0.137. The van der Waals surface area contributed by atoms with Crippen LogP contribution in [0.1, 0.15) is 23.7 Å². The molecular formula is C14H15F3N4O2. The number of aliphatic hydroxyl groups excluding tert-OH is 1. The van der Waals surface area contributed by atoms with Crippen molar-refractivity contribution >= 4 is 5.91 Å². The molecule has 1 amide bonds. The van der Waals surface area contributed by atoms with Gasteiger partial charge < -0.3 is 10.4 Å². The lowest BCUT2D eigenvalue weighted by Crippen LogP contribution is -2.29. The number of aromatic nitrogens is 3. The number of alkyl halides is 3. The molecule has 0 spiro atoms. The van der Waals surface area contributed by atoms with Gasteiger partial charge in [-0.1, -0.05) is 12.1 Å². The summed E-state index contributed by atoms with van der Waals surface area (Å²) in [6, 6.07) is 4.38. The van der Waals surface area contributed by atoms with Crippen molar-refractivity contribution in [1.29, 1.82) is 0 Å². The summed E-state index contributed by atoms with van der Waals surface area (Å²) in [5, 5.41) is 16.2. The van der Waals surface area contributed by atoms with E-state index in [1.165, 1.54) is 29.5 Å². The van der Waals surface area contributed by atoms with Crippen LogP contribution in [0.2, 0.25) is 0 Å². The van der Waals surface area contributed by atoms with Gasteiger partial charge in [0, 0.05) is 13.0 Å². The summed E-state index contributed by atoms with van der Waals surface area (Å²) in [6.07, 6.45) is -2.76. The van der Waals surface area contributed by atoms with Crippen LogP contribution in [0.25, 0.3) is 0 Å². The predicted octanol–water partition coefficient (Wildman–Crippen LogP) is 1.54. The number of carbonyl (C=O) groups excluding carboxylic acids is 1. The Bertz CT molecular complexity index is 644. The molecule has 23 heavy (non-hydrogen) atoms. The molecular weight excluding hydrogens is 313 g/mol. The molecule has 6 nitrogen and oxygen atoms in total. The Balaban J connectivity index is 1.84. The molecule has 0 aliphatic heterocycles. The SMILES string of the molecule is O=C(CCn1cncn1)NCC(O)c1cccc(C(F)(F)F)c1. The highest BCUT2D eigenvalue weighted by molar-refractivity contribution is 5.75. The van der Waals surface area contributed by atoms with Crippen LogP contribution in [0.4, 0.5) is 13.2 Å². The molecule has 2 N–H and O–H groups in total. The summed E-state index contributed by atoms with van der Waals surface area (Å²) in [7, 11) is 0. The number of nitrogens with one attached hydrogen (secondary N) is 1. The van der Waals surface area contributed by atoms with Crippen molar-refractivity contribution in [3.8, 4) is 0 Å². The quantitative estimate of drug-likeness (QED) is 0.843. The fourth-order valence-corrected chi connectivity index (χ4v) is 1.90. The minimum atomic E-state index is -4.48. The van der Waals surface area contributed by atoms with Gasteiger partial charge in [0.05, 0.1) is 18.2 Å². The number of amides is 1. The molecule has 0 aliphatic rings. The molecule has 0 bridgehead atoms. The average Bonchev–Trinajstić information content (AvgIpc) is 3.03. The van der Waals surface area contributed by atoms with E-state index in [2.05, 4.69) is 15.4 Å². The second-order valence-electron chi connectivity index (χ2n) is 4.85. The highest BCUT2D eigenvalue weighted by atomic mass is 19.4. The summed E-state index contributed by atoms with van der Waals surface area (Å²) in [6.45, 7) is 0.156. The number of benzene rings is 1. The van der Waals surface area contributed by atoms with Crippen molar-refractivity contribution in [1.82, 2.24) is 20.1 Å². The van der Waals surface area contributed by atoms with Crippen LogP contribution in [0.5, 0.6) is 0 Å². The minimum Gasteiger partial charge on any atom is -0.387 e. The Morgan fingerprint density at radius 1 is 1.39 bits per heavy atom. The first-order chi connectivity index (χ1) is 10.9. The molecule has 1 atom stereocenters. The maximum atomic E-state index is 12.6. The first-order valence-corrected chi connectivity index (χ1v) is 6.80. The third kappa shape index (κ3) is 5.06. The van der Waals surface area contributed by atoms with E-state index in [4.69, 9.17) is 0 Å². The summed E-state index contributed by atoms with van der Waals surface area (Å²) in [4.78, 5) is 15.4. The number of hydrogen-bond acceptors (Lipinski definition) is 4. The fraction of sp³-hybridized carbons (Fsp3) is 0.357. The van der Waals surface area contributed by atoms with Gasteiger partial charge in [-0.3, -0.25) is 9.48 Å². The Labute approximate surface area is 130 Å². The van der Waals surface area contributed by atoms with E-state index in [-0.39, 0.29) is 24.4 Å². The van der Waals surface area contributed by atoms with E-state index in [1.807, 2.05) is 0 Å². The molecule has 2 aromatic rings. The van der Waals surface area contributed by atoms with Gasteiger partial charge in [-0.2, -0.15) is 18.3 Å². The van der Waals surface area contributed by atoms with Gasteiger partial charge in [-0.15, -0.1) is 0 Å². The molecule has 0 saturated carbocycles. The number of rotatable bonds is 6. The van der Waals surface area contributed by atoms with Gasteiger partial charge in [0.25, 0.3) is 0 Å². The summed E-state index contributed by atoms with van der Waals surface area (Å²) in [5.41, 5.74) is -0.747. The van der Waals surface area contributed by atoms with Crippen molar-refractivity contribution in [2.24, 2.45) is 0 Å². The van der Waals surface area contributed by atoms with Crippen LogP contribution in [-0.2, 0) is 17.5 Å². The molecule has 1 heterocycles. The van der Waals surface area contributed by atoms with E-state index in [0.717, 1.165) is 12.1 Å². The second kappa shape index (κ2) is 7.23. The molecule has 1 aromatic heterocycles. The summed E-state index contributed by atoms with van der Waals surface area (Å²) in [5.74, 6) is -0.341. The van der Waals surface area contributed by atoms with Crippen LogP contribution >= 0.6 is 0 Å². The second-order valence-corrected chi connectivity index (χ2v) is 4.85. The Kier molecular flexibility index (Phi) is 5.32. The topological polar surface area (TPSA) is 80.0 Å². The Morgan fingerprint density at radius 2 is 2.17 bits per heavy atom. The van der Waals surface area contributed by atoms with Crippen LogP contribution in [-0.4, -0.2) is 32.3 Å². The third-order valence-corrected chi connectivity index (χ3v) is 3.13. The largest absolute Gasteiger partial charge is 0.416 e. The number of aryl methyl sites for hydroxylation is 1. The molecule has 1 unspecified atom stereocenters. The van der Waals surface area contributed by atoms with Crippen molar-refractivity contribution in [3.63, 3.8) is 0 Å². The van der Waals surface area contributed by atoms with E-state index in [9.17, 15) is 23.1 Å². The molecule has 9 heteroatoms. The summed E-state index contributed by atoms with van der Waals surface area (Å²) < 4.78 is 39.3. The number of carbonyl (C=O) groups is 1. The van der Waals surface area contributed by atoms with Gasteiger partial charge in [0.1, 0.15) is 12.7 Å². The maximum absolute atomic E-state index is 12.6. The lowest BCUT2D eigenvalue weighted by Gasteiger charge is -2.14. The highest BCUT2D eigenvalue weighted by Gasteiger charge is 2.30. The first-order valence-electron chi connectivity index (χ1n) is 6.80. The average molecular weight is 328 g/mol. The van der Waals surface area contributed by atoms with E-state index in [1.54, 1.807) is 0 Å². The number of hydrogen-bond donors (Lipinski definition) is 2. The van der Waals surface area contributed by atoms with E-state index >= 15 is 0 Å². The monoisotopic (exact) mass is 328 g/mol. The van der Waals surface area contributed by atoms with Gasteiger partial charge in [0.15, 0.2) is 0 Å². The minimum absolute atomic E-state index is 0.0939. The van der Waals surface area contributed by atoms with Crippen molar-refractivity contribution in [2.45, 2.75) is 25.2 Å². The molecule has 124 valence electrons. The Hall–Kier alpha value is -2.42. The summed E-state index contributed by atoms with van der Waals surface area (Å²) >= 11 is 0. The standard InChI is InChI=1S/C14H15F3N4O2/c15-14(16,17)11-3-1-2-10(6-11)12(22)7-19-13(23)4-5-21-9-18-8-20-21/h1-3,6,8-9,12,22H,4-5,7H2,(H,19,23). The van der Waals surface area contributed by atoms with Gasteiger partial charge in [0.2, 0.25) is 5.91 Å². The zero-order valence-corrected chi connectivity index (χ0v) is 12.0. The predicted molar refractivity (Wildman–Crippen MR) is 74.1 cm³/mol. The molecule has 1 aromatic carbocycles.